The van der Waals surface area contributed by atoms with Crippen molar-refractivity contribution in [2.45, 2.75) is 51.6 Å². The predicted molar refractivity (Wildman–Crippen MR) is 72.6 cm³/mol. The Balaban J connectivity index is 1.74. The average Bonchev–Trinajstić information content (AvgIpc) is 2.81. The number of furan rings is 1. The second-order valence-corrected chi connectivity index (χ2v) is 6.42. The van der Waals surface area contributed by atoms with Gasteiger partial charge in [0.1, 0.15) is 5.76 Å². The molecule has 18 heavy (non-hydrogen) atoms. The molecule has 3 rings (SSSR count). The van der Waals surface area contributed by atoms with E-state index in [1.54, 1.807) is 0 Å². The van der Waals surface area contributed by atoms with E-state index in [4.69, 9.17) is 4.42 Å². The summed E-state index contributed by atoms with van der Waals surface area (Å²) >= 11 is 0. The van der Waals surface area contributed by atoms with Gasteiger partial charge in [0.05, 0.1) is 6.26 Å². The molecule has 1 saturated heterocycles. The Morgan fingerprint density at radius 1 is 1.39 bits per heavy atom. The van der Waals surface area contributed by atoms with Crippen LogP contribution in [0, 0.1) is 5.41 Å². The van der Waals surface area contributed by atoms with Crippen molar-refractivity contribution in [3.63, 3.8) is 0 Å². The lowest BCUT2D eigenvalue weighted by Crippen LogP contribution is -2.53. The van der Waals surface area contributed by atoms with Gasteiger partial charge in [-0.3, -0.25) is 0 Å². The number of fused-ring (bicyclic) bond motifs is 1. The van der Waals surface area contributed by atoms with Crippen LogP contribution in [-0.4, -0.2) is 19.1 Å². The Kier molecular flexibility index (Phi) is 3.20. The number of aryl methyl sites for hydroxylation is 1. The normalized spacial score (nSPS) is 31.0. The highest BCUT2D eigenvalue weighted by atomic mass is 16.3. The fraction of sp³-hybridized carbons (Fsp3) is 0.733. The number of rotatable bonds is 2. The lowest BCUT2D eigenvalue weighted by atomic mass is 9.79. The zero-order chi connectivity index (χ0) is 12.6. The summed E-state index contributed by atoms with van der Waals surface area (Å²) in [6.45, 7) is 6.95. The van der Waals surface area contributed by atoms with Gasteiger partial charge < -0.3 is 15.1 Å². The molecule has 3 heteroatoms. The highest BCUT2D eigenvalue weighted by molar-refractivity contribution is 5.24. The molecule has 2 N–H and O–H groups in total. The molecule has 2 aliphatic rings. The summed E-state index contributed by atoms with van der Waals surface area (Å²) in [6.07, 6.45) is 6.65. The zero-order valence-electron chi connectivity index (χ0n) is 11.5. The molecular formula is C15H24N2O. The molecule has 0 saturated carbocycles. The van der Waals surface area contributed by atoms with Crippen molar-refractivity contribution in [3.8, 4) is 0 Å². The van der Waals surface area contributed by atoms with Crippen molar-refractivity contribution >= 4 is 0 Å². The zero-order valence-corrected chi connectivity index (χ0v) is 11.5. The smallest absolute Gasteiger partial charge is 0.108 e. The standard InChI is InChI=1S/C15H24N2O/c1-15(2)10-16-8-6-14(15)17-12-4-3-5-13-11(12)7-9-18-13/h7,9,12,14,16-17H,3-6,8,10H2,1-2H3. The maximum atomic E-state index is 5.57. The molecule has 2 atom stereocenters. The number of hydrogen-bond donors (Lipinski definition) is 2. The van der Waals surface area contributed by atoms with Gasteiger partial charge in [-0.2, -0.15) is 0 Å². The van der Waals surface area contributed by atoms with Gasteiger partial charge in [0.2, 0.25) is 0 Å². The van der Waals surface area contributed by atoms with Crippen LogP contribution < -0.4 is 10.6 Å². The quantitative estimate of drug-likeness (QED) is 0.845. The molecule has 2 heterocycles. The lowest BCUT2D eigenvalue weighted by molar-refractivity contribution is 0.166. The highest BCUT2D eigenvalue weighted by Crippen LogP contribution is 2.34. The summed E-state index contributed by atoms with van der Waals surface area (Å²) < 4.78 is 5.57. The fourth-order valence-electron chi connectivity index (χ4n) is 3.38. The predicted octanol–water partition coefficient (Wildman–Crippen LogP) is 2.63. The van der Waals surface area contributed by atoms with Gasteiger partial charge in [0, 0.05) is 30.6 Å². The molecule has 0 radical (unpaired) electrons. The fourth-order valence-corrected chi connectivity index (χ4v) is 3.38. The van der Waals surface area contributed by atoms with Crippen LogP contribution in [0.25, 0.3) is 0 Å². The summed E-state index contributed by atoms with van der Waals surface area (Å²) in [5.41, 5.74) is 1.73. The maximum absolute atomic E-state index is 5.57. The molecule has 0 bridgehead atoms. The second-order valence-electron chi connectivity index (χ2n) is 6.42. The minimum atomic E-state index is 0.333. The Bertz CT molecular complexity index is 410. The van der Waals surface area contributed by atoms with Crippen molar-refractivity contribution in [1.82, 2.24) is 10.6 Å². The van der Waals surface area contributed by atoms with Crippen LogP contribution >= 0.6 is 0 Å². The number of hydrogen-bond acceptors (Lipinski definition) is 3. The summed E-state index contributed by atoms with van der Waals surface area (Å²) in [5.74, 6) is 1.20. The van der Waals surface area contributed by atoms with E-state index in [0.29, 0.717) is 17.5 Å². The average molecular weight is 248 g/mol. The molecule has 3 nitrogen and oxygen atoms in total. The third kappa shape index (κ3) is 2.21. The van der Waals surface area contributed by atoms with Gasteiger partial charge in [0.25, 0.3) is 0 Å². The van der Waals surface area contributed by atoms with Gasteiger partial charge in [0.15, 0.2) is 0 Å². The monoisotopic (exact) mass is 248 g/mol. The van der Waals surface area contributed by atoms with E-state index in [1.165, 1.54) is 30.6 Å². The summed E-state index contributed by atoms with van der Waals surface area (Å²) in [4.78, 5) is 0. The Hall–Kier alpha value is -0.800. The Labute approximate surface area is 109 Å². The number of piperidine rings is 1. The van der Waals surface area contributed by atoms with Gasteiger partial charge in [-0.15, -0.1) is 0 Å². The van der Waals surface area contributed by atoms with Crippen LogP contribution in [0.2, 0.25) is 0 Å². The van der Waals surface area contributed by atoms with Crippen molar-refractivity contribution < 1.29 is 4.42 Å². The molecule has 1 aromatic rings. The summed E-state index contributed by atoms with van der Waals surface area (Å²) in [6, 6.07) is 3.25. The van der Waals surface area contributed by atoms with E-state index in [0.717, 1.165) is 19.5 Å². The third-order valence-electron chi connectivity index (χ3n) is 4.59. The summed E-state index contributed by atoms with van der Waals surface area (Å²) in [7, 11) is 0. The molecule has 1 fully saturated rings. The van der Waals surface area contributed by atoms with Gasteiger partial charge in [-0.1, -0.05) is 13.8 Å². The first-order valence-corrected chi connectivity index (χ1v) is 7.20. The number of nitrogens with one attached hydrogen (secondary N) is 2. The minimum absolute atomic E-state index is 0.333. The van der Waals surface area contributed by atoms with Crippen LogP contribution in [0.3, 0.4) is 0 Å². The Morgan fingerprint density at radius 3 is 3.11 bits per heavy atom. The molecular weight excluding hydrogens is 224 g/mol. The van der Waals surface area contributed by atoms with Crippen molar-refractivity contribution in [2.75, 3.05) is 13.1 Å². The van der Waals surface area contributed by atoms with Gasteiger partial charge in [-0.05, 0) is 37.3 Å². The Morgan fingerprint density at radius 2 is 2.28 bits per heavy atom. The first kappa shape index (κ1) is 12.2. The SMILES string of the molecule is CC1(C)CNCCC1NC1CCCc2occc21. The molecule has 2 unspecified atom stereocenters. The topological polar surface area (TPSA) is 37.2 Å². The highest BCUT2D eigenvalue weighted by Gasteiger charge is 2.34. The van der Waals surface area contributed by atoms with Crippen LogP contribution in [0.15, 0.2) is 16.7 Å². The van der Waals surface area contributed by atoms with E-state index < -0.39 is 0 Å². The van der Waals surface area contributed by atoms with Crippen LogP contribution in [0.1, 0.15) is 50.5 Å². The molecule has 1 aromatic heterocycles. The van der Waals surface area contributed by atoms with Crippen molar-refractivity contribution in [2.24, 2.45) is 5.41 Å². The largest absolute Gasteiger partial charge is 0.469 e. The van der Waals surface area contributed by atoms with E-state index in [2.05, 4.69) is 30.5 Å². The minimum Gasteiger partial charge on any atom is -0.469 e. The van der Waals surface area contributed by atoms with E-state index in [1.807, 2.05) is 6.26 Å². The summed E-state index contributed by atoms with van der Waals surface area (Å²) in [5, 5.41) is 7.39. The first-order chi connectivity index (χ1) is 8.67. The molecule has 0 aromatic carbocycles. The van der Waals surface area contributed by atoms with E-state index in [9.17, 15) is 0 Å². The van der Waals surface area contributed by atoms with E-state index >= 15 is 0 Å². The second kappa shape index (κ2) is 4.71. The molecule has 100 valence electrons. The maximum Gasteiger partial charge on any atom is 0.108 e. The molecule has 0 spiro atoms. The van der Waals surface area contributed by atoms with Crippen LogP contribution in [-0.2, 0) is 6.42 Å². The lowest BCUT2D eigenvalue weighted by Gasteiger charge is -2.42. The van der Waals surface area contributed by atoms with Crippen LogP contribution in [0.5, 0.6) is 0 Å². The first-order valence-electron chi connectivity index (χ1n) is 7.20. The molecule has 0 amide bonds. The van der Waals surface area contributed by atoms with Gasteiger partial charge in [-0.25, -0.2) is 0 Å². The van der Waals surface area contributed by atoms with Gasteiger partial charge >= 0.3 is 0 Å². The van der Waals surface area contributed by atoms with Crippen molar-refractivity contribution in [3.05, 3.63) is 23.7 Å². The molecule has 1 aliphatic carbocycles. The molecule has 1 aliphatic heterocycles. The van der Waals surface area contributed by atoms with Crippen molar-refractivity contribution in [1.29, 1.82) is 0 Å². The third-order valence-corrected chi connectivity index (χ3v) is 4.59. The van der Waals surface area contributed by atoms with Crippen LogP contribution in [0.4, 0.5) is 0 Å². The van der Waals surface area contributed by atoms with E-state index in [-0.39, 0.29) is 0 Å².